The number of hydrogen-bond acceptors (Lipinski definition) is 5. The molecule has 0 aliphatic rings. The van der Waals surface area contributed by atoms with Crippen LogP contribution in [-0.4, -0.2) is 41.8 Å². The van der Waals surface area contributed by atoms with Crippen LogP contribution in [0.4, 0.5) is 4.79 Å². The average molecular weight is 308 g/mol. The minimum Gasteiger partial charge on any atom is -0.425 e. The number of likely N-dealkylation sites (N-methyl/N-ethyl adjacent to an activating group) is 1. The molecule has 1 unspecified atom stereocenters. The van der Waals surface area contributed by atoms with Gasteiger partial charge < -0.3 is 14.4 Å². The number of carbonyl (C=O) groups is 2. The van der Waals surface area contributed by atoms with Crippen LogP contribution in [0.2, 0.25) is 0 Å². The second-order valence-electron chi connectivity index (χ2n) is 6.10. The van der Waals surface area contributed by atoms with E-state index in [2.05, 4.69) is 4.98 Å². The Morgan fingerprint density at radius 3 is 2.50 bits per heavy atom. The number of esters is 1. The first-order chi connectivity index (χ1) is 10.2. The van der Waals surface area contributed by atoms with Gasteiger partial charge in [-0.2, -0.15) is 0 Å². The summed E-state index contributed by atoms with van der Waals surface area (Å²) in [4.78, 5) is 29.2. The lowest BCUT2D eigenvalue weighted by Gasteiger charge is -2.23. The summed E-state index contributed by atoms with van der Waals surface area (Å²) in [5.74, 6) is -0.413. The number of amides is 1. The lowest BCUT2D eigenvalue weighted by molar-refractivity contribution is -0.175. The van der Waals surface area contributed by atoms with Gasteiger partial charge in [0.15, 0.2) is 0 Å². The topological polar surface area (TPSA) is 68.7 Å². The third kappa shape index (κ3) is 6.11. The van der Waals surface area contributed by atoms with Gasteiger partial charge in [-0.05, 0) is 32.9 Å². The standard InChI is InChI=1S/C16H24N2O4/c1-12(21-14(19)16(2,3)4)22-15(20)18(5)11-9-13-8-6-7-10-17-13/h6-8,10,12H,9,11H2,1-5H3. The van der Waals surface area contributed by atoms with E-state index in [4.69, 9.17) is 9.47 Å². The summed E-state index contributed by atoms with van der Waals surface area (Å²) in [6, 6.07) is 5.63. The molecule has 0 spiro atoms. The molecule has 0 aliphatic carbocycles. The van der Waals surface area contributed by atoms with Gasteiger partial charge in [-0.1, -0.05) is 6.07 Å². The fraction of sp³-hybridized carbons (Fsp3) is 0.562. The minimum absolute atomic E-state index is 0.413. The molecule has 1 amide bonds. The molecule has 0 bridgehead atoms. The molecule has 6 nitrogen and oxygen atoms in total. The van der Waals surface area contributed by atoms with Crippen LogP contribution < -0.4 is 0 Å². The normalized spacial score (nSPS) is 12.4. The Morgan fingerprint density at radius 1 is 1.27 bits per heavy atom. The third-order valence-corrected chi connectivity index (χ3v) is 2.89. The predicted octanol–water partition coefficient (Wildman–Crippen LogP) is 2.63. The Balaban J connectivity index is 2.39. The zero-order valence-corrected chi connectivity index (χ0v) is 13.8. The first-order valence-corrected chi connectivity index (χ1v) is 7.23. The number of rotatable bonds is 5. The average Bonchev–Trinajstić information content (AvgIpc) is 2.44. The Morgan fingerprint density at radius 2 is 1.95 bits per heavy atom. The predicted molar refractivity (Wildman–Crippen MR) is 82.1 cm³/mol. The van der Waals surface area contributed by atoms with Gasteiger partial charge >= 0.3 is 12.1 Å². The highest BCUT2D eigenvalue weighted by molar-refractivity contribution is 5.75. The van der Waals surface area contributed by atoms with Gasteiger partial charge in [-0.3, -0.25) is 9.78 Å². The summed E-state index contributed by atoms with van der Waals surface area (Å²) in [5, 5.41) is 0. The molecule has 6 heteroatoms. The highest BCUT2D eigenvalue weighted by Gasteiger charge is 2.26. The maximum Gasteiger partial charge on any atom is 0.412 e. The van der Waals surface area contributed by atoms with Gasteiger partial charge in [0.25, 0.3) is 0 Å². The second-order valence-corrected chi connectivity index (χ2v) is 6.10. The lowest BCUT2D eigenvalue weighted by Crippen LogP contribution is -2.35. The van der Waals surface area contributed by atoms with Crippen molar-refractivity contribution in [3.8, 4) is 0 Å². The Kier molecular flexibility index (Phi) is 6.34. The molecule has 1 aromatic heterocycles. The summed E-state index contributed by atoms with van der Waals surface area (Å²) < 4.78 is 10.2. The van der Waals surface area contributed by atoms with Crippen molar-refractivity contribution in [2.24, 2.45) is 5.41 Å². The third-order valence-electron chi connectivity index (χ3n) is 2.89. The zero-order valence-electron chi connectivity index (χ0n) is 13.8. The highest BCUT2D eigenvalue weighted by Crippen LogP contribution is 2.16. The van der Waals surface area contributed by atoms with Crippen LogP contribution in [0.3, 0.4) is 0 Å². The molecular formula is C16H24N2O4. The maximum atomic E-state index is 11.9. The van der Waals surface area contributed by atoms with E-state index in [1.54, 1.807) is 34.0 Å². The van der Waals surface area contributed by atoms with E-state index in [0.29, 0.717) is 13.0 Å². The molecule has 122 valence electrons. The summed E-state index contributed by atoms with van der Waals surface area (Å²) >= 11 is 0. The van der Waals surface area contributed by atoms with Crippen molar-refractivity contribution in [2.75, 3.05) is 13.6 Å². The van der Waals surface area contributed by atoms with E-state index in [1.165, 1.54) is 11.8 Å². The van der Waals surface area contributed by atoms with Gasteiger partial charge in [0.1, 0.15) is 0 Å². The zero-order chi connectivity index (χ0) is 16.8. The molecule has 0 saturated heterocycles. The fourth-order valence-corrected chi connectivity index (χ4v) is 1.50. The molecule has 0 radical (unpaired) electrons. The number of ether oxygens (including phenoxy) is 2. The van der Waals surface area contributed by atoms with Crippen molar-refractivity contribution < 1.29 is 19.1 Å². The minimum atomic E-state index is -0.920. The molecule has 1 atom stereocenters. The Labute approximate surface area is 131 Å². The summed E-state index contributed by atoms with van der Waals surface area (Å²) in [6.45, 7) is 7.21. The van der Waals surface area contributed by atoms with Gasteiger partial charge in [0.05, 0.1) is 5.41 Å². The largest absolute Gasteiger partial charge is 0.425 e. The van der Waals surface area contributed by atoms with Crippen LogP contribution in [0, 0.1) is 5.41 Å². The van der Waals surface area contributed by atoms with E-state index in [0.717, 1.165) is 5.69 Å². The molecule has 0 aliphatic heterocycles. The molecular weight excluding hydrogens is 284 g/mol. The summed E-state index contributed by atoms with van der Waals surface area (Å²) in [7, 11) is 1.63. The summed E-state index contributed by atoms with van der Waals surface area (Å²) in [5.41, 5.74) is 0.264. The molecule has 0 saturated carbocycles. The number of hydrogen-bond donors (Lipinski definition) is 0. The van der Waals surface area contributed by atoms with E-state index in [1.807, 2.05) is 18.2 Å². The Hall–Kier alpha value is -2.11. The fourth-order valence-electron chi connectivity index (χ4n) is 1.50. The van der Waals surface area contributed by atoms with Crippen molar-refractivity contribution in [1.82, 2.24) is 9.88 Å². The number of nitrogens with zero attached hydrogens (tertiary/aromatic N) is 2. The van der Waals surface area contributed by atoms with E-state index in [-0.39, 0.29) is 0 Å². The van der Waals surface area contributed by atoms with Gasteiger partial charge in [0, 0.05) is 38.8 Å². The van der Waals surface area contributed by atoms with Crippen molar-refractivity contribution in [3.63, 3.8) is 0 Å². The molecule has 1 heterocycles. The molecule has 1 rings (SSSR count). The van der Waals surface area contributed by atoms with Crippen LogP contribution in [0.1, 0.15) is 33.4 Å². The molecule has 0 fully saturated rings. The quantitative estimate of drug-likeness (QED) is 0.618. The number of aromatic nitrogens is 1. The first-order valence-electron chi connectivity index (χ1n) is 7.23. The van der Waals surface area contributed by atoms with Crippen molar-refractivity contribution in [1.29, 1.82) is 0 Å². The lowest BCUT2D eigenvalue weighted by atomic mass is 9.97. The van der Waals surface area contributed by atoms with Gasteiger partial charge in [-0.15, -0.1) is 0 Å². The van der Waals surface area contributed by atoms with E-state index >= 15 is 0 Å². The van der Waals surface area contributed by atoms with Gasteiger partial charge in [0.2, 0.25) is 6.29 Å². The molecule has 0 aromatic carbocycles. The van der Waals surface area contributed by atoms with Crippen LogP contribution in [0.15, 0.2) is 24.4 Å². The van der Waals surface area contributed by atoms with Crippen LogP contribution in [-0.2, 0) is 20.7 Å². The highest BCUT2D eigenvalue weighted by atomic mass is 16.7. The van der Waals surface area contributed by atoms with Crippen LogP contribution >= 0.6 is 0 Å². The van der Waals surface area contributed by atoms with Gasteiger partial charge in [-0.25, -0.2) is 4.79 Å². The van der Waals surface area contributed by atoms with Crippen LogP contribution in [0.5, 0.6) is 0 Å². The number of pyridine rings is 1. The van der Waals surface area contributed by atoms with Crippen molar-refractivity contribution in [2.45, 2.75) is 40.4 Å². The number of carbonyl (C=O) groups excluding carboxylic acids is 2. The van der Waals surface area contributed by atoms with E-state index in [9.17, 15) is 9.59 Å². The van der Waals surface area contributed by atoms with Crippen molar-refractivity contribution in [3.05, 3.63) is 30.1 Å². The summed E-state index contributed by atoms with van der Waals surface area (Å²) in [6.07, 6.45) is 0.881. The smallest absolute Gasteiger partial charge is 0.412 e. The van der Waals surface area contributed by atoms with E-state index < -0.39 is 23.8 Å². The monoisotopic (exact) mass is 308 g/mol. The van der Waals surface area contributed by atoms with Crippen LogP contribution in [0.25, 0.3) is 0 Å². The first kappa shape index (κ1) is 17.9. The second kappa shape index (κ2) is 7.77. The maximum absolute atomic E-state index is 11.9. The SMILES string of the molecule is CC(OC(=O)N(C)CCc1ccccn1)OC(=O)C(C)(C)C. The Bertz CT molecular complexity index is 497. The molecule has 22 heavy (non-hydrogen) atoms. The molecule has 1 aromatic rings. The molecule has 0 N–H and O–H groups in total. The van der Waals surface area contributed by atoms with Crippen molar-refractivity contribution >= 4 is 12.1 Å².